The molecule has 22 heavy (non-hydrogen) atoms. The van der Waals surface area contributed by atoms with Crippen molar-refractivity contribution < 1.29 is 17.6 Å². The maximum absolute atomic E-state index is 13.0. The summed E-state index contributed by atoms with van der Waals surface area (Å²) < 4.78 is 39.9. The van der Waals surface area contributed by atoms with E-state index in [0.29, 0.717) is 0 Å². The largest absolute Gasteiger partial charge is 0.279 e. The summed E-state index contributed by atoms with van der Waals surface area (Å²) in [6.45, 7) is -0.525. The van der Waals surface area contributed by atoms with Crippen LogP contribution < -0.4 is 4.31 Å². The van der Waals surface area contributed by atoms with Crippen LogP contribution in [0.1, 0.15) is 0 Å². The van der Waals surface area contributed by atoms with Crippen molar-refractivity contribution in [1.82, 2.24) is 0 Å². The van der Waals surface area contributed by atoms with Gasteiger partial charge >= 0.3 is 0 Å². The fraction of sp³-hybridized carbons (Fsp3) is 0.0714. The van der Waals surface area contributed by atoms with E-state index in [2.05, 4.69) is 15.9 Å². The number of benzene rings is 2. The summed E-state index contributed by atoms with van der Waals surface area (Å²) in [5.41, 5.74) is 0.279. The van der Waals surface area contributed by atoms with E-state index in [9.17, 15) is 17.6 Å². The van der Waals surface area contributed by atoms with Crippen LogP contribution in [0, 0.1) is 5.82 Å². The maximum atomic E-state index is 13.0. The first-order chi connectivity index (χ1) is 10.3. The van der Waals surface area contributed by atoms with Gasteiger partial charge < -0.3 is 0 Å². The molecule has 0 heterocycles. The third-order valence-corrected chi connectivity index (χ3v) is 5.22. The van der Waals surface area contributed by atoms with Gasteiger partial charge in [0.2, 0.25) is 5.24 Å². The van der Waals surface area contributed by atoms with Gasteiger partial charge in [0.05, 0.1) is 10.6 Å². The molecule has 0 aromatic heterocycles. The average molecular weight is 407 g/mol. The highest BCUT2D eigenvalue weighted by molar-refractivity contribution is 9.10. The second-order valence-electron chi connectivity index (χ2n) is 4.30. The molecule has 0 atom stereocenters. The van der Waals surface area contributed by atoms with E-state index >= 15 is 0 Å². The van der Waals surface area contributed by atoms with Crippen molar-refractivity contribution in [1.29, 1.82) is 0 Å². The molecule has 2 rings (SSSR count). The molecule has 116 valence electrons. The normalized spacial score (nSPS) is 11.2. The van der Waals surface area contributed by atoms with Crippen LogP contribution >= 0.6 is 27.5 Å². The lowest BCUT2D eigenvalue weighted by atomic mass is 10.3. The molecule has 0 saturated heterocycles. The van der Waals surface area contributed by atoms with Gasteiger partial charge in [-0.3, -0.25) is 9.10 Å². The van der Waals surface area contributed by atoms with Gasteiger partial charge in [-0.25, -0.2) is 12.8 Å². The van der Waals surface area contributed by atoms with E-state index in [1.807, 2.05) is 0 Å². The highest BCUT2D eigenvalue weighted by atomic mass is 79.9. The lowest BCUT2D eigenvalue weighted by molar-refractivity contribution is -0.110. The molecule has 0 N–H and O–H groups in total. The Labute approximate surface area is 140 Å². The predicted molar refractivity (Wildman–Crippen MR) is 85.9 cm³/mol. The third-order valence-electron chi connectivity index (χ3n) is 2.78. The van der Waals surface area contributed by atoms with Gasteiger partial charge in [0.25, 0.3) is 10.0 Å². The molecule has 0 unspecified atom stereocenters. The fourth-order valence-electron chi connectivity index (χ4n) is 1.77. The van der Waals surface area contributed by atoms with Crippen molar-refractivity contribution in [3.8, 4) is 0 Å². The number of rotatable bonds is 5. The van der Waals surface area contributed by atoms with E-state index in [1.54, 1.807) is 12.1 Å². The quantitative estimate of drug-likeness (QED) is 0.714. The van der Waals surface area contributed by atoms with Crippen molar-refractivity contribution in [2.75, 3.05) is 10.8 Å². The zero-order chi connectivity index (χ0) is 16.3. The minimum atomic E-state index is -4.03. The van der Waals surface area contributed by atoms with Crippen molar-refractivity contribution >= 4 is 48.5 Å². The van der Waals surface area contributed by atoms with E-state index in [-0.39, 0.29) is 10.6 Å². The van der Waals surface area contributed by atoms with Crippen molar-refractivity contribution in [3.05, 3.63) is 58.8 Å². The highest BCUT2D eigenvalue weighted by Gasteiger charge is 2.26. The molecule has 0 spiro atoms. The van der Waals surface area contributed by atoms with Gasteiger partial charge in [0.1, 0.15) is 12.4 Å². The topological polar surface area (TPSA) is 54.5 Å². The third kappa shape index (κ3) is 3.85. The number of hydrogen-bond acceptors (Lipinski definition) is 3. The number of hydrogen-bond donors (Lipinski definition) is 0. The summed E-state index contributed by atoms with van der Waals surface area (Å²) in [7, 11) is -4.03. The van der Waals surface area contributed by atoms with Gasteiger partial charge in [0.15, 0.2) is 0 Å². The Kier molecular flexibility index (Phi) is 5.20. The molecule has 0 aliphatic heterocycles. The van der Waals surface area contributed by atoms with E-state index in [1.165, 1.54) is 12.1 Å². The number of carbonyl (C=O) groups excluding carboxylic acids is 1. The van der Waals surface area contributed by atoms with Gasteiger partial charge in [-0.1, -0.05) is 15.9 Å². The van der Waals surface area contributed by atoms with E-state index < -0.39 is 27.6 Å². The van der Waals surface area contributed by atoms with E-state index in [4.69, 9.17) is 11.6 Å². The minimum absolute atomic E-state index is 0.130. The second-order valence-corrected chi connectivity index (χ2v) is 7.50. The van der Waals surface area contributed by atoms with Crippen LogP contribution in [0.3, 0.4) is 0 Å². The lowest BCUT2D eigenvalue weighted by Gasteiger charge is -2.23. The summed E-state index contributed by atoms with van der Waals surface area (Å²) in [6, 6.07) is 10.7. The second kappa shape index (κ2) is 6.76. The van der Waals surface area contributed by atoms with Crippen LogP contribution in [0.5, 0.6) is 0 Å². The minimum Gasteiger partial charge on any atom is -0.279 e. The van der Waals surface area contributed by atoms with Gasteiger partial charge in [-0.2, -0.15) is 0 Å². The average Bonchev–Trinajstić information content (AvgIpc) is 2.46. The molecule has 8 heteroatoms. The van der Waals surface area contributed by atoms with Crippen molar-refractivity contribution in [3.63, 3.8) is 0 Å². The number of halogens is 3. The Morgan fingerprint density at radius 2 is 1.64 bits per heavy atom. The Morgan fingerprint density at radius 3 is 2.14 bits per heavy atom. The number of sulfonamides is 1. The summed E-state index contributed by atoms with van der Waals surface area (Å²) in [4.78, 5) is 11.1. The van der Waals surface area contributed by atoms with Crippen molar-refractivity contribution in [2.24, 2.45) is 0 Å². The molecular weight excluding hydrogens is 397 g/mol. The standard InChI is InChI=1S/C14H10BrClFNO3S/c15-10-1-5-12(6-2-10)18(9-14(16)19)22(20,21)13-7-3-11(17)4-8-13/h1-8H,9H2. The first kappa shape index (κ1) is 16.9. The number of carbonyl (C=O) groups is 1. The summed E-state index contributed by atoms with van der Waals surface area (Å²) in [6.07, 6.45) is 0. The van der Waals surface area contributed by atoms with Gasteiger partial charge in [-0.05, 0) is 60.1 Å². The van der Waals surface area contributed by atoms with Crippen LogP contribution in [0.25, 0.3) is 0 Å². The molecule has 2 aromatic rings. The SMILES string of the molecule is O=C(Cl)CN(c1ccc(Br)cc1)S(=O)(=O)c1ccc(F)cc1. The number of anilines is 1. The van der Waals surface area contributed by atoms with Crippen LogP contribution in [-0.2, 0) is 14.8 Å². The van der Waals surface area contributed by atoms with E-state index in [0.717, 1.165) is 33.0 Å². The smallest absolute Gasteiger partial charge is 0.264 e. The summed E-state index contributed by atoms with van der Waals surface area (Å²) in [5, 5.41) is -0.825. The molecular formula is C14H10BrClFNO3S. The summed E-state index contributed by atoms with van der Waals surface area (Å²) >= 11 is 8.60. The monoisotopic (exact) mass is 405 g/mol. The summed E-state index contributed by atoms with van der Waals surface area (Å²) in [5.74, 6) is -0.553. The van der Waals surface area contributed by atoms with Crippen LogP contribution in [0.15, 0.2) is 57.9 Å². The Hall–Kier alpha value is -1.44. The molecule has 0 radical (unpaired) electrons. The molecule has 0 fully saturated rings. The predicted octanol–water partition coefficient (Wildman–Crippen LogP) is 3.55. The Morgan fingerprint density at radius 1 is 1.09 bits per heavy atom. The van der Waals surface area contributed by atoms with Crippen LogP contribution in [0.2, 0.25) is 0 Å². The lowest BCUT2D eigenvalue weighted by Crippen LogP contribution is -2.34. The molecule has 0 aliphatic carbocycles. The molecule has 0 amide bonds. The first-order valence-corrected chi connectivity index (χ1v) is 8.64. The van der Waals surface area contributed by atoms with Crippen LogP contribution in [-0.4, -0.2) is 20.2 Å². The Balaban J connectivity index is 2.50. The van der Waals surface area contributed by atoms with Crippen LogP contribution in [0.4, 0.5) is 10.1 Å². The van der Waals surface area contributed by atoms with Gasteiger partial charge in [-0.15, -0.1) is 0 Å². The number of nitrogens with zero attached hydrogens (tertiary/aromatic N) is 1. The zero-order valence-electron chi connectivity index (χ0n) is 11.0. The maximum Gasteiger partial charge on any atom is 0.264 e. The molecule has 4 nitrogen and oxygen atoms in total. The fourth-order valence-corrected chi connectivity index (χ4v) is 3.64. The molecule has 0 saturated carbocycles. The van der Waals surface area contributed by atoms with Gasteiger partial charge in [0, 0.05) is 4.47 Å². The molecule has 0 aliphatic rings. The molecule has 0 bridgehead atoms. The Bertz CT molecular complexity index is 779. The highest BCUT2D eigenvalue weighted by Crippen LogP contribution is 2.25. The van der Waals surface area contributed by atoms with Crippen molar-refractivity contribution in [2.45, 2.75) is 4.90 Å². The first-order valence-electron chi connectivity index (χ1n) is 6.03. The molecule has 2 aromatic carbocycles. The zero-order valence-corrected chi connectivity index (χ0v) is 14.2.